The standard InChI is InChI=1S/C28H38N4O4.C7H8O3S/c1-20(2)16-25(24(28(35)31-36)14-8-12-22-10-6-5-7-11-22)27(34)30-32(19-21(3)4)26(33)17-23-13-9-15-29-18-23;1-6-2-4-7(5-3-6)11(8,9)10/h5-13,15,18,20-21,24-25,36H,14,16-17,19H2,1-4H3,(H,30,34)(H,31,35);2-5H,1H3,(H,8,9,10)/t24-,25+;/m0./s1. The van der Waals surface area contributed by atoms with E-state index < -0.39 is 33.8 Å². The van der Waals surface area contributed by atoms with Crippen LogP contribution in [0.25, 0.3) is 6.08 Å². The molecular formula is C35H46N4O7S. The van der Waals surface area contributed by atoms with Crippen LogP contribution in [0.2, 0.25) is 0 Å². The van der Waals surface area contributed by atoms with E-state index in [-0.39, 0.29) is 35.5 Å². The van der Waals surface area contributed by atoms with Gasteiger partial charge in [0.05, 0.1) is 23.2 Å². The van der Waals surface area contributed by atoms with Crippen molar-refractivity contribution in [2.24, 2.45) is 23.7 Å². The Morgan fingerprint density at radius 2 is 1.55 bits per heavy atom. The van der Waals surface area contributed by atoms with Crippen LogP contribution in [0.1, 0.15) is 57.2 Å². The number of aromatic nitrogens is 1. The summed E-state index contributed by atoms with van der Waals surface area (Å²) in [6.07, 6.45) is 7.72. The molecule has 3 rings (SSSR count). The summed E-state index contributed by atoms with van der Waals surface area (Å²) in [4.78, 5) is 43.2. The Morgan fingerprint density at radius 3 is 2.09 bits per heavy atom. The Balaban J connectivity index is 0.000000587. The van der Waals surface area contributed by atoms with Gasteiger partial charge >= 0.3 is 0 Å². The second kappa shape index (κ2) is 19.3. The van der Waals surface area contributed by atoms with Crippen molar-refractivity contribution >= 4 is 33.9 Å². The lowest BCUT2D eigenvalue weighted by atomic mass is 9.82. The normalized spacial score (nSPS) is 12.6. The van der Waals surface area contributed by atoms with Crippen molar-refractivity contribution in [1.82, 2.24) is 20.9 Å². The number of nitrogens with zero attached hydrogens (tertiary/aromatic N) is 2. The van der Waals surface area contributed by atoms with E-state index in [0.717, 1.165) is 16.7 Å². The van der Waals surface area contributed by atoms with Gasteiger partial charge < -0.3 is 0 Å². The molecule has 1 aromatic heterocycles. The minimum atomic E-state index is -4.02. The molecule has 0 spiro atoms. The Labute approximate surface area is 277 Å². The van der Waals surface area contributed by atoms with Crippen LogP contribution in [0.15, 0.2) is 90.1 Å². The third-order valence-corrected chi connectivity index (χ3v) is 7.85. The summed E-state index contributed by atoms with van der Waals surface area (Å²) < 4.78 is 29.6. The van der Waals surface area contributed by atoms with Crippen molar-refractivity contribution in [3.8, 4) is 0 Å². The van der Waals surface area contributed by atoms with E-state index in [1.54, 1.807) is 36.1 Å². The molecule has 2 atom stereocenters. The van der Waals surface area contributed by atoms with Crippen molar-refractivity contribution in [2.75, 3.05) is 6.54 Å². The molecule has 0 aliphatic rings. The maximum absolute atomic E-state index is 13.5. The number of amides is 3. The first-order valence-corrected chi connectivity index (χ1v) is 16.8. The van der Waals surface area contributed by atoms with Gasteiger partial charge in [0.1, 0.15) is 0 Å². The third kappa shape index (κ3) is 14.3. The fourth-order valence-electron chi connectivity index (χ4n) is 4.69. The first-order chi connectivity index (χ1) is 22.2. The predicted octanol–water partition coefficient (Wildman–Crippen LogP) is 5.27. The number of hydroxylamine groups is 1. The fraction of sp³-hybridized carbons (Fsp3) is 0.371. The van der Waals surface area contributed by atoms with Crippen LogP contribution in [0.3, 0.4) is 0 Å². The zero-order chi connectivity index (χ0) is 35.0. The van der Waals surface area contributed by atoms with Gasteiger partial charge in [0.25, 0.3) is 10.1 Å². The van der Waals surface area contributed by atoms with Crippen LogP contribution in [0.5, 0.6) is 0 Å². The van der Waals surface area contributed by atoms with E-state index in [1.807, 2.05) is 83.2 Å². The molecule has 0 bridgehead atoms. The predicted molar refractivity (Wildman–Crippen MR) is 180 cm³/mol. The lowest BCUT2D eigenvalue weighted by Crippen LogP contribution is -2.52. The van der Waals surface area contributed by atoms with Gasteiger partial charge in [-0.15, -0.1) is 0 Å². The second-order valence-corrected chi connectivity index (χ2v) is 13.5. The fourth-order valence-corrected chi connectivity index (χ4v) is 5.17. The van der Waals surface area contributed by atoms with Crippen molar-refractivity contribution in [1.29, 1.82) is 0 Å². The van der Waals surface area contributed by atoms with Crippen molar-refractivity contribution in [3.05, 3.63) is 102 Å². The maximum Gasteiger partial charge on any atom is 0.294 e. The number of hydrogen-bond acceptors (Lipinski definition) is 7. The largest absolute Gasteiger partial charge is 0.294 e. The number of aryl methyl sites for hydroxylation is 1. The summed E-state index contributed by atoms with van der Waals surface area (Å²) in [5.74, 6) is -2.67. The highest BCUT2D eigenvalue weighted by atomic mass is 32.2. The summed E-state index contributed by atoms with van der Waals surface area (Å²) >= 11 is 0. The van der Waals surface area contributed by atoms with E-state index >= 15 is 0 Å². The highest BCUT2D eigenvalue weighted by Crippen LogP contribution is 2.26. The van der Waals surface area contributed by atoms with E-state index in [4.69, 9.17) is 4.55 Å². The summed E-state index contributed by atoms with van der Waals surface area (Å²) in [5.41, 5.74) is 7.17. The van der Waals surface area contributed by atoms with Crippen LogP contribution in [-0.2, 0) is 30.9 Å². The van der Waals surface area contributed by atoms with Gasteiger partial charge in [-0.05, 0) is 60.9 Å². The minimum absolute atomic E-state index is 0.0666. The molecule has 11 nitrogen and oxygen atoms in total. The quantitative estimate of drug-likeness (QED) is 0.109. The number of pyridine rings is 1. The van der Waals surface area contributed by atoms with Gasteiger partial charge in [-0.3, -0.25) is 39.6 Å². The Morgan fingerprint density at radius 1 is 0.894 bits per heavy atom. The van der Waals surface area contributed by atoms with Crippen molar-refractivity contribution in [2.45, 2.75) is 58.8 Å². The van der Waals surface area contributed by atoms with Crippen molar-refractivity contribution < 1.29 is 32.6 Å². The molecule has 3 amide bonds. The van der Waals surface area contributed by atoms with Gasteiger partial charge in [0.15, 0.2) is 0 Å². The van der Waals surface area contributed by atoms with E-state index in [0.29, 0.717) is 13.0 Å². The molecular weight excluding hydrogens is 620 g/mol. The molecule has 0 aliphatic heterocycles. The van der Waals surface area contributed by atoms with Gasteiger partial charge in [-0.1, -0.05) is 93.9 Å². The lowest BCUT2D eigenvalue weighted by Gasteiger charge is -2.30. The zero-order valence-electron chi connectivity index (χ0n) is 27.5. The van der Waals surface area contributed by atoms with E-state index in [2.05, 4.69) is 10.4 Å². The molecule has 0 fully saturated rings. The number of nitrogens with one attached hydrogen (secondary N) is 2. The molecule has 0 aliphatic carbocycles. The van der Waals surface area contributed by atoms with Crippen molar-refractivity contribution in [3.63, 3.8) is 0 Å². The Bertz CT molecular complexity index is 1550. The highest BCUT2D eigenvalue weighted by molar-refractivity contribution is 7.85. The topological polar surface area (TPSA) is 166 Å². The van der Waals surface area contributed by atoms with E-state index in [9.17, 15) is 28.0 Å². The molecule has 2 aromatic carbocycles. The highest BCUT2D eigenvalue weighted by Gasteiger charge is 2.35. The summed E-state index contributed by atoms with van der Waals surface area (Å²) in [6.45, 7) is 10.0. The Kier molecular flexibility index (Phi) is 15.9. The molecule has 254 valence electrons. The molecule has 0 radical (unpaired) electrons. The van der Waals surface area contributed by atoms with Crippen LogP contribution < -0.4 is 10.9 Å². The molecule has 0 unspecified atom stereocenters. The van der Waals surface area contributed by atoms with Gasteiger partial charge in [-0.25, -0.2) is 5.48 Å². The first-order valence-electron chi connectivity index (χ1n) is 15.4. The smallest absolute Gasteiger partial charge is 0.289 e. The average molecular weight is 667 g/mol. The number of carbonyl (C=O) groups excluding carboxylic acids is 3. The number of allylic oxidation sites excluding steroid dienone is 1. The minimum Gasteiger partial charge on any atom is -0.289 e. The maximum atomic E-state index is 13.5. The molecule has 0 saturated heterocycles. The first kappa shape index (κ1) is 38.8. The van der Waals surface area contributed by atoms with Gasteiger partial charge in [0.2, 0.25) is 17.7 Å². The number of hydrogen-bond donors (Lipinski definition) is 4. The van der Waals surface area contributed by atoms with Crippen LogP contribution in [0, 0.1) is 30.6 Å². The number of benzene rings is 2. The number of carbonyl (C=O) groups is 3. The molecule has 0 saturated carbocycles. The average Bonchev–Trinajstić information content (AvgIpc) is 3.02. The monoisotopic (exact) mass is 666 g/mol. The third-order valence-electron chi connectivity index (χ3n) is 6.99. The lowest BCUT2D eigenvalue weighted by molar-refractivity contribution is -0.147. The zero-order valence-corrected chi connectivity index (χ0v) is 28.4. The molecule has 1 heterocycles. The molecule has 4 N–H and O–H groups in total. The van der Waals surface area contributed by atoms with Gasteiger partial charge in [0, 0.05) is 18.9 Å². The van der Waals surface area contributed by atoms with Crippen LogP contribution in [-0.4, -0.2) is 52.4 Å². The second-order valence-electron chi connectivity index (χ2n) is 12.1. The molecule has 3 aromatic rings. The molecule has 47 heavy (non-hydrogen) atoms. The summed E-state index contributed by atoms with van der Waals surface area (Å²) in [7, 11) is -4.02. The van der Waals surface area contributed by atoms with Crippen LogP contribution >= 0.6 is 0 Å². The van der Waals surface area contributed by atoms with Gasteiger partial charge in [-0.2, -0.15) is 8.42 Å². The summed E-state index contributed by atoms with van der Waals surface area (Å²) in [6, 6.07) is 19.2. The SMILES string of the molecule is CC(C)C[C@@H](C(=O)NN(CC(C)C)C(=O)Cc1cccnc1)[C@H](CC=Cc1ccccc1)C(=O)NO.Cc1ccc(S(=O)(=O)O)cc1. The Hall–Kier alpha value is -4.39. The summed E-state index contributed by atoms with van der Waals surface area (Å²) in [5, 5.41) is 10.7. The van der Waals surface area contributed by atoms with Crippen LogP contribution in [0.4, 0.5) is 0 Å². The number of hydrazine groups is 1. The van der Waals surface area contributed by atoms with E-state index in [1.165, 1.54) is 17.1 Å². The number of rotatable bonds is 13. The molecule has 12 heteroatoms.